The van der Waals surface area contributed by atoms with Crippen LogP contribution >= 0.6 is 0 Å². The maximum absolute atomic E-state index is 12.5. The second-order valence-corrected chi connectivity index (χ2v) is 3.98. The number of nitrogens with zero attached hydrogens (tertiary/aromatic N) is 2. The Morgan fingerprint density at radius 3 is 2.37 bits per heavy atom. The summed E-state index contributed by atoms with van der Waals surface area (Å²) in [6, 6.07) is 4.60. The van der Waals surface area contributed by atoms with E-state index in [4.69, 9.17) is 0 Å². The lowest BCUT2D eigenvalue weighted by Crippen LogP contribution is -2.04. The first-order valence-electron chi connectivity index (χ1n) is 5.66. The lowest BCUT2D eigenvalue weighted by atomic mass is 10.1. The molecule has 0 aliphatic heterocycles. The van der Waals surface area contributed by atoms with E-state index >= 15 is 0 Å². The van der Waals surface area contributed by atoms with Crippen molar-refractivity contribution in [2.45, 2.75) is 19.6 Å². The summed E-state index contributed by atoms with van der Waals surface area (Å²) in [7, 11) is 0. The smallest absolute Gasteiger partial charge is 0.298 e. The standard InChI is InChI=1S/C13H11F3N2O/c1-2-18-7-10(8-19)12(17-18)9-3-5-11(6-4-9)13(14,15)16/h3-8H,2H2,1H3. The maximum atomic E-state index is 12.5. The fraction of sp³-hybridized carbons (Fsp3) is 0.231. The van der Waals surface area contributed by atoms with Crippen LogP contribution in [-0.4, -0.2) is 16.1 Å². The molecule has 0 saturated carbocycles. The zero-order valence-corrected chi connectivity index (χ0v) is 10.1. The zero-order chi connectivity index (χ0) is 14.0. The lowest BCUT2D eigenvalue weighted by molar-refractivity contribution is -0.137. The Labute approximate surface area is 107 Å². The first-order chi connectivity index (χ1) is 8.95. The van der Waals surface area contributed by atoms with Gasteiger partial charge in [0, 0.05) is 18.3 Å². The number of aldehydes is 1. The highest BCUT2D eigenvalue weighted by molar-refractivity contribution is 5.85. The van der Waals surface area contributed by atoms with Gasteiger partial charge in [-0.25, -0.2) is 0 Å². The van der Waals surface area contributed by atoms with Gasteiger partial charge in [0.05, 0.1) is 11.1 Å². The first kappa shape index (κ1) is 13.3. The number of carbonyl (C=O) groups excluding carboxylic acids is 1. The monoisotopic (exact) mass is 268 g/mol. The van der Waals surface area contributed by atoms with Crippen LogP contribution in [-0.2, 0) is 12.7 Å². The number of aryl methyl sites for hydroxylation is 1. The van der Waals surface area contributed by atoms with Crippen molar-refractivity contribution in [1.29, 1.82) is 0 Å². The fourth-order valence-electron chi connectivity index (χ4n) is 1.73. The number of hydrogen-bond donors (Lipinski definition) is 0. The van der Waals surface area contributed by atoms with Gasteiger partial charge in [-0.1, -0.05) is 12.1 Å². The molecule has 0 spiro atoms. The number of halogens is 3. The summed E-state index contributed by atoms with van der Waals surface area (Å²) in [5.41, 5.74) is 0.522. The number of aromatic nitrogens is 2. The molecule has 2 rings (SSSR count). The van der Waals surface area contributed by atoms with Gasteiger partial charge in [0.15, 0.2) is 6.29 Å². The highest BCUT2D eigenvalue weighted by Crippen LogP contribution is 2.31. The van der Waals surface area contributed by atoms with E-state index in [0.29, 0.717) is 29.7 Å². The second kappa shape index (κ2) is 4.87. The van der Waals surface area contributed by atoms with E-state index in [2.05, 4.69) is 5.10 Å². The SMILES string of the molecule is CCn1cc(C=O)c(-c2ccc(C(F)(F)F)cc2)n1. The van der Waals surface area contributed by atoms with Crippen LogP contribution in [0.25, 0.3) is 11.3 Å². The lowest BCUT2D eigenvalue weighted by Gasteiger charge is -2.06. The first-order valence-corrected chi connectivity index (χ1v) is 5.66. The molecule has 0 amide bonds. The number of benzene rings is 1. The Morgan fingerprint density at radius 1 is 1.26 bits per heavy atom. The van der Waals surface area contributed by atoms with Gasteiger partial charge in [-0.3, -0.25) is 9.48 Å². The normalized spacial score (nSPS) is 11.6. The van der Waals surface area contributed by atoms with E-state index in [1.165, 1.54) is 12.1 Å². The minimum Gasteiger partial charge on any atom is -0.298 e. The Kier molecular flexibility index (Phi) is 3.42. The molecule has 0 radical (unpaired) electrons. The van der Waals surface area contributed by atoms with Crippen LogP contribution in [0, 0.1) is 0 Å². The molecule has 1 aromatic heterocycles. The third-order valence-electron chi connectivity index (χ3n) is 2.73. The predicted octanol–water partition coefficient (Wildman–Crippen LogP) is 3.40. The van der Waals surface area contributed by atoms with E-state index in [-0.39, 0.29) is 0 Å². The largest absolute Gasteiger partial charge is 0.416 e. The highest BCUT2D eigenvalue weighted by atomic mass is 19.4. The van der Waals surface area contributed by atoms with Crippen LogP contribution in [0.4, 0.5) is 13.2 Å². The summed E-state index contributed by atoms with van der Waals surface area (Å²) in [4.78, 5) is 10.9. The van der Waals surface area contributed by atoms with E-state index in [0.717, 1.165) is 12.1 Å². The van der Waals surface area contributed by atoms with E-state index in [9.17, 15) is 18.0 Å². The van der Waals surface area contributed by atoms with E-state index in [1.807, 2.05) is 6.92 Å². The summed E-state index contributed by atoms with van der Waals surface area (Å²) in [6.45, 7) is 2.44. The Morgan fingerprint density at radius 2 is 1.89 bits per heavy atom. The number of hydrogen-bond acceptors (Lipinski definition) is 2. The molecule has 6 heteroatoms. The second-order valence-electron chi connectivity index (χ2n) is 3.98. The summed E-state index contributed by atoms with van der Waals surface area (Å²) >= 11 is 0. The van der Waals surface area contributed by atoms with Gasteiger partial charge in [-0.05, 0) is 19.1 Å². The molecular formula is C13H11F3N2O. The molecule has 0 saturated heterocycles. The van der Waals surface area contributed by atoms with E-state index < -0.39 is 11.7 Å². The van der Waals surface area contributed by atoms with Gasteiger partial charge >= 0.3 is 6.18 Å². The third kappa shape index (κ3) is 2.67. The third-order valence-corrected chi connectivity index (χ3v) is 2.73. The minimum absolute atomic E-state index is 0.363. The van der Waals surface area contributed by atoms with Gasteiger partial charge < -0.3 is 0 Å². The molecule has 0 N–H and O–H groups in total. The predicted molar refractivity (Wildman–Crippen MR) is 63.7 cm³/mol. The Balaban J connectivity index is 2.42. The van der Waals surface area contributed by atoms with Crippen LogP contribution in [0.5, 0.6) is 0 Å². The van der Waals surface area contributed by atoms with Crippen molar-refractivity contribution in [3.8, 4) is 11.3 Å². The van der Waals surface area contributed by atoms with Crippen LogP contribution in [0.3, 0.4) is 0 Å². The molecule has 19 heavy (non-hydrogen) atoms. The number of rotatable bonds is 3. The molecule has 0 atom stereocenters. The van der Waals surface area contributed by atoms with Crippen molar-refractivity contribution in [3.05, 3.63) is 41.6 Å². The fourth-order valence-corrected chi connectivity index (χ4v) is 1.73. The van der Waals surface area contributed by atoms with Crippen molar-refractivity contribution < 1.29 is 18.0 Å². The molecule has 0 aliphatic carbocycles. The molecule has 3 nitrogen and oxygen atoms in total. The molecule has 0 fully saturated rings. The average molecular weight is 268 g/mol. The van der Waals surface area contributed by atoms with Gasteiger partial charge in [0.25, 0.3) is 0 Å². The quantitative estimate of drug-likeness (QED) is 0.800. The summed E-state index contributed by atoms with van der Waals surface area (Å²) in [5.74, 6) is 0. The number of alkyl halides is 3. The van der Waals surface area contributed by atoms with Crippen molar-refractivity contribution in [1.82, 2.24) is 9.78 Å². The van der Waals surface area contributed by atoms with Crippen LogP contribution in [0.1, 0.15) is 22.8 Å². The molecule has 2 aromatic rings. The maximum Gasteiger partial charge on any atom is 0.416 e. The van der Waals surface area contributed by atoms with Gasteiger partial charge in [0.1, 0.15) is 5.69 Å². The van der Waals surface area contributed by atoms with Crippen molar-refractivity contribution in [2.75, 3.05) is 0 Å². The van der Waals surface area contributed by atoms with Gasteiger partial charge in [-0.2, -0.15) is 18.3 Å². The molecule has 1 heterocycles. The molecule has 0 bridgehead atoms. The Bertz CT molecular complexity index is 585. The average Bonchev–Trinajstić information content (AvgIpc) is 2.81. The summed E-state index contributed by atoms with van der Waals surface area (Å²) < 4.78 is 38.9. The summed E-state index contributed by atoms with van der Waals surface area (Å²) in [6.07, 6.45) is -2.15. The van der Waals surface area contributed by atoms with Crippen LogP contribution in [0.2, 0.25) is 0 Å². The van der Waals surface area contributed by atoms with E-state index in [1.54, 1.807) is 10.9 Å². The number of carbonyl (C=O) groups is 1. The molecular weight excluding hydrogens is 257 g/mol. The van der Waals surface area contributed by atoms with Crippen LogP contribution < -0.4 is 0 Å². The van der Waals surface area contributed by atoms with Gasteiger partial charge in [-0.15, -0.1) is 0 Å². The van der Waals surface area contributed by atoms with Crippen LogP contribution in [0.15, 0.2) is 30.5 Å². The summed E-state index contributed by atoms with van der Waals surface area (Å²) in [5, 5.41) is 4.17. The van der Waals surface area contributed by atoms with Crippen molar-refractivity contribution in [3.63, 3.8) is 0 Å². The zero-order valence-electron chi connectivity index (χ0n) is 10.1. The van der Waals surface area contributed by atoms with Crippen molar-refractivity contribution in [2.24, 2.45) is 0 Å². The van der Waals surface area contributed by atoms with Gasteiger partial charge in [0.2, 0.25) is 0 Å². The molecule has 0 unspecified atom stereocenters. The topological polar surface area (TPSA) is 34.9 Å². The highest BCUT2D eigenvalue weighted by Gasteiger charge is 2.30. The molecule has 0 aliphatic rings. The Hall–Kier alpha value is -2.11. The van der Waals surface area contributed by atoms with Crippen molar-refractivity contribution >= 4 is 6.29 Å². The minimum atomic E-state index is -4.37. The molecule has 100 valence electrons. The molecule has 1 aromatic carbocycles.